The molecule has 0 atom stereocenters. The third-order valence-corrected chi connectivity index (χ3v) is 6.19. The maximum Gasteiger partial charge on any atom is 0.0589 e. The van der Waals surface area contributed by atoms with Gasteiger partial charge in [0.15, 0.2) is 0 Å². The number of thiophene rings is 2. The van der Waals surface area contributed by atoms with Crippen LogP contribution in [0.25, 0.3) is 5.57 Å². The summed E-state index contributed by atoms with van der Waals surface area (Å²) in [4.78, 5) is 5.37. The molecule has 3 heterocycles. The minimum absolute atomic E-state index is 0.833. The van der Waals surface area contributed by atoms with Crippen LogP contribution in [-0.2, 0) is 4.74 Å². The van der Waals surface area contributed by atoms with Crippen molar-refractivity contribution in [3.8, 4) is 0 Å². The second-order valence-corrected chi connectivity index (χ2v) is 8.39. The van der Waals surface area contributed by atoms with E-state index in [1.165, 1.54) is 39.3 Å². The molecule has 2 aromatic heterocycles. The van der Waals surface area contributed by atoms with E-state index >= 15 is 0 Å². The number of aryl methyl sites for hydroxylation is 2. The van der Waals surface area contributed by atoms with E-state index in [-0.39, 0.29) is 0 Å². The number of piperidine rings is 1. The number of ether oxygens (including phenoxy) is 1. The van der Waals surface area contributed by atoms with Gasteiger partial charge in [-0.15, -0.1) is 11.3 Å². The van der Waals surface area contributed by atoms with Crippen molar-refractivity contribution in [3.63, 3.8) is 0 Å². The standard InChI is InChI=1S/C19H25NOS2/c1-14-12-18(15(2)23-14)19(17-6-11-22-13-17)16-4-7-20(8-5-16)9-10-21-3/h6,11-13H,4-5,7-10H2,1-3H3. The second kappa shape index (κ2) is 7.75. The van der Waals surface area contributed by atoms with Crippen LogP contribution in [0.15, 0.2) is 28.5 Å². The summed E-state index contributed by atoms with van der Waals surface area (Å²) >= 11 is 3.71. The van der Waals surface area contributed by atoms with Crippen molar-refractivity contribution >= 4 is 28.2 Å². The lowest BCUT2D eigenvalue weighted by Gasteiger charge is -2.29. The third kappa shape index (κ3) is 3.94. The van der Waals surface area contributed by atoms with Crippen LogP contribution in [-0.4, -0.2) is 38.3 Å². The molecule has 0 spiro atoms. The minimum atomic E-state index is 0.833. The Hall–Kier alpha value is -0.940. The van der Waals surface area contributed by atoms with Crippen molar-refractivity contribution in [3.05, 3.63) is 49.3 Å². The van der Waals surface area contributed by atoms with Crippen molar-refractivity contribution in [2.24, 2.45) is 0 Å². The average Bonchev–Trinajstić information content (AvgIpc) is 3.17. The zero-order valence-electron chi connectivity index (χ0n) is 14.2. The van der Waals surface area contributed by atoms with Gasteiger partial charge in [-0.25, -0.2) is 0 Å². The van der Waals surface area contributed by atoms with Crippen LogP contribution in [0.1, 0.15) is 33.7 Å². The molecule has 3 rings (SSSR count). The molecule has 4 heteroatoms. The van der Waals surface area contributed by atoms with Gasteiger partial charge >= 0.3 is 0 Å². The zero-order valence-corrected chi connectivity index (χ0v) is 15.9. The van der Waals surface area contributed by atoms with Gasteiger partial charge in [-0.3, -0.25) is 0 Å². The predicted molar refractivity (Wildman–Crippen MR) is 102 cm³/mol. The Kier molecular flexibility index (Phi) is 5.70. The van der Waals surface area contributed by atoms with E-state index in [0.29, 0.717) is 0 Å². The lowest BCUT2D eigenvalue weighted by molar-refractivity contribution is 0.143. The first-order valence-electron chi connectivity index (χ1n) is 8.22. The lowest BCUT2D eigenvalue weighted by atomic mass is 9.90. The molecule has 0 unspecified atom stereocenters. The van der Waals surface area contributed by atoms with Crippen LogP contribution >= 0.6 is 22.7 Å². The molecular formula is C19H25NOS2. The first-order valence-corrected chi connectivity index (χ1v) is 9.98. The zero-order chi connectivity index (χ0) is 16.2. The summed E-state index contributed by atoms with van der Waals surface area (Å²) in [5.41, 5.74) is 5.97. The fraction of sp³-hybridized carbons (Fsp3) is 0.474. The van der Waals surface area contributed by atoms with E-state index in [9.17, 15) is 0 Å². The highest BCUT2D eigenvalue weighted by molar-refractivity contribution is 7.12. The van der Waals surface area contributed by atoms with E-state index in [0.717, 1.165) is 26.2 Å². The molecule has 23 heavy (non-hydrogen) atoms. The molecule has 1 fully saturated rings. The van der Waals surface area contributed by atoms with E-state index in [1.807, 2.05) is 11.3 Å². The monoisotopic (exact) mass is 347 g/mol. The minimum Gasteiger partial charge on any atom is -0.383 e. The molecule has 0 radical (unpaired) electrons. The Balaban J connectivity index is 1.89. The Morgan fingerprint density at radius 2 is 2.04 bits per heavy atom. The van der Waals surface area contributed by atoms with Gasteiger partial charge in [-0.05, 0) is 66.3 Å². The summed E-state index contributed by atoms with van der Waals surface area (Å²) in [6, 6.07) is 4.65. The molecule has 0 bridgehead atoms. The summed E-state index contributed by atoms with van der Waals surface area (Å²) in [7, 11) is 1.78. The molecule has 124 valence electrons. The molecule has 0 aliphatic carbocycles. The van der Waals surface area contributed by atoms with Crippen LogP contribution in [0, 0.1) is 13.8 Å². The largest absolute Gasteiger partial charge is 0.383 e. The number of likely N-dealkylation sites (tertiary alicyclic amines) is 1. The molecule has 0 amide bonds. The summed E-state index contributed by atoms with van der Waals surface area (Å²) < 4.78 is 5.21. The van der Waals surface area contributed by atoms with Crippen LogP contribution in [0.5, 0.6) is 0 Å². The summed E-state index contributed by atoms with van der Waals surface area (Å²) in [6.07, 6.45) is 2.34. The molecular weight excluding hydrogens is 322 g/mol. The van der Waals surface area contributed by atoms with Crippen LogP contribution in [0.2, 0.25) is 0 Å². The topological polar surface area (TPSA) is 12.5 Å². The normalized spacial score (nSPS) is 16.0. The van der Waals surface area contributed by atoms with Crippen molar-refractivity contribution in [1.29, 1.82) is 0 Å². The van der Waals surface area contributed by atoms with Crippen LogP contribution < -0.4 is 0 Å². The first-order chi connectivity index (χ1) is 11.2. The highest BCUT2D eigenvalue weighted by atomic mass is 32.1. The second-order valence-electron chi connectivity index (χ2n) is 6.15. The molecule has 1 saturated heterocycles. The van der Waals surface area contributed by atoms with Gasteiger partial charge in [0.1, 0.15) is 0 Å². The van der Waals surface area contributed by atoms with E-state index in [4.69, 9.17) is 4.74 Å². The maximum absolute atomic E-state index is 5.21. The summed E-state index contributed by atoms with van der Waals surface area (Å²) in [5, 5.41) is 4.49. The smallest absolute Gasteiger partial charge is 0.0589 e. The van der Waals surface area contributed by atoms with E-state index in [1.54, 1.807) is 24.0 Å². The molecule has 2 nitrogen and oxygen atoms in total. The fourth-order valence-electron chi connectivity index (χ4n) is 3.35. The van der Waals surface area contributed by atoms with Crippen molar-refractivity contribution < 1.29 is 4.74 Å². The highest BCUT2D eigenvalue weighted by Crippen LogP contribution is 2.37. The first kappa shape index (κ1) is 16.9. The number of hydrogen-bond acceptors (Lipinski definition) is 4. The van der Waals surface area contributed by atoms with Gasteiger partial charge in [-0.1, -0.05) is 5.57 Å². The molecule has 1 aliphatic rings. The number of rotatable bonds is 5. The fourth-order valence-corrected chi connectivity index (χ4v) is 4.93. The van der Waals surface area contributed by atoms with Gasteiger partial charge in [0.2, 0.25) is 0 Å². The van der Waals surface area contributed by atoms with Crippen molar-refractivity contribution in [2.45, 2.75) is 26.7 Å². The molecule has 1 aliphatic heterocycles. The Labute approximate surface area is 147 Å². The molecule has 2 aromatic rings. The summed E-state index contributed by atoms with van der Waals surface area (Å²) in [6.45, 7) is 8.65. The van der Waals surface area contributed by atoms with Gasteiger partial charge in [0.05, 0.1) is 6.61 Å². The number of nitrogens with zero attached hydrogens (tertiary/aromatic N) is 1. The predicted octanol–water partition coefficient (Wildman–Crippen LogP) is 4.97. The average molecular weight is 348 g/mol. The van der Waals surface area contributed by atoms with E-state index in [2.05, 4.69) is 41.6 Å². The Bertz CT molecular complexity index is 660. The quantitative estimate of drug-likeness (QED) is 0.757. The van der Waals surface area contributed by atoms with Crippen LogP contribution in [0.3, 0.4) is 0 Å². The van der Waals surface area contributed by atoms with Gasteiger partial charge in [-0.2, -0.15) is 11.3 Å². The third-order valence-electron chi connectivity index (χ3n) is 4.54. The van der Waals surface area contributed by atoms with Gasteiger partial charge < -0.3 is 9.64 Å². The van der Waals surface area contributed by atoms with Crippen LogP contribution in [0.4, 0.5) is 0 Å². The maximum atomic E-state index is 5.21. The molecule has 0 aromatic carbocycles. The Morgan fingerprint density at radius 3 is 2.61 bits per heavy atom. The van der Waals surface area contributed by atoms with Gasteiger partial charge in [0, 0.05) is 36.5 Å². The highest BCUT2D eigenvalue weighted by Gasteiger charge is 2.20. The SMILES string of the molecule is COCCN1CCC(=C(c2ccsc2)c2cc(C)sc2C)CC1. The van der Waals surface area contributed by atoms with Gasteiger partial charge in [0.25, 0.3) is 0 Å². The lowest BCUT2D eigenvalue weighted by Crippen LogP contribution is -2.33. The van der Waals surface area contributed by atoms with Crippen molar-refractivity contribution in [1.82, 2.24) is 4.90 Å². The number of hydrogen-bond donors (Lipinski definition) is 0. The number of methoxy groups -OCH3 is 1. The Morgan fingerprint density at radius 1 is 1.26 bits per heavy atom. The van der Waals surface area contributed by atoms with Crippen molar-refractivity contribution in [2.75, 3.05) is 33.4 Å². The van der Waals surface area contributed by atoms with E-state index < -0.39 is 0 Å². The molecule has 0 saturated carbocycles. The summed E-state index contributed by atoms with van der Waals surface area (Å²) in [5.74, 6) is 0. The molecule has 0 N–H and O–H groups in total.